The summed E-state index contributed by atoms with van der Waals surface area (Å²) in [6.45, 7) is 0. The molecule has 25 heavy (non-hydrogen) atoms. The van der Waals surface area contributed by atoms with E-state index in [4.69, 9.17) is 23.2 Å². The second kappa shape index (κ2) is 7.26. The molecular formula is C20H14Cl2O3. The molecule has 0 unspecified atom stereocenters. The molecule has 0 aliphatic heterocycles. The minimum atomic E-state index is -1.03. The predicted molar refractivity (Wildman–Crippen MR) is 99.0 cm³/mol. The Morgan fingerprint density at radius 2 is 1.84 bits per heavy atom. The molecule has 1 aliphatic rings. The van der Waals surface area contributed by atoms with E-state index in [9.17, 15) is 14.7 Å². The first-order valence-electron chi connectivity index (χ1n) is 7.65. The Bertz CT molecular complexity index is 912. The summed E-state index contributed by atoms with van der Waals surface area (Å²) in [4.78, 5) is 23.7. The van der Waals surface area contributed by atoms with E-state index in [1.807, 2.05) is 30.3 Å². The van der Waals surface area contributed by atoms with Gasteiger partial charge in [0.15, 0.2) is 5.78 Å². The lowest BCUT2D eigenvalue weighted by atomic mass is 10.0. The Labute approximate surface area is 155 Å². The van der Waals surface area contributed by atoms with Crippen molar-refractivity contribution in [2.45, 2.75) is 12.8 Å². The number of carbonyl (C=O) groups excluding carboxylic acids is 1. The number of carboxylic acid groups (broad SMARTS) is 1. The van der Waals surface area contributed by atoms with Crippen LogP contribution < -0.4 is 0 Å². The van der Waals surface area contributed by atoms with Crippen molar-refractivity contribution in [2.75, 3.05) is 0 Å². The second-order valence-electron chi connectivity index (χ2n) is 5.76. The van der Waals surface area contributed by atoms with Crippen molar-refractivity contribution in [1.29, 1.82) is 0 Å². The van der Waals surface area contributed by atoms with Gasteiger partial charge in [0.2, 0.25) is 0 Å². The van der Waals surface area contributed by atoms with Crippen LogP contribution in [0.3, 0.4) is 0 Å². The fourth-order valence-corrected chi connectivity index (χ4v) is 3.55. The Morgan fingerprint density at radius 3 is 2.52 bits per heavy atom. The maximum Gasteiger partial charge on any atom is 0.332 e. The van der Waals surface area contributed by atoms with E-state index < -0.39 is 5.97 Å². The monoisotopic (exact) mass is 372 g/mol. The van der Waals surface area contributed by atoms with Crippen molar-refractivity contribution in [3.8, 4) is 0 Å². The Balaban J connectivity index is 1.91. The Hall–Kier alpha value is -2.36. The van der Waals surface area contributed by atoms with Gasteiger partial charge < -0.3 is 5.11 Å². The number of hydrogen-bond acceptors (Lipinski definition) is 2. The molecule has 2 aromatic rings. The zero-order valence-corrected chi connectivity index (χ0v) is 14.6. The molecule has 0 amide bonds. The third kappa shape index (κ3) is 3.84. The molecule has 126 valence electrons. The molecule has 0 aromatic heterocycles. The maximum absolute atomic E-state index is 12.2. The third-order valence-electron chi connectivity index (χ3n) is 4.01. The van der Waals surface area contributed by atoms with E-state index in [-0.39, 0.29) is 24.2 Å². The van der Waals surface area contributed by atoms with Crippen molar-refractivity contribution < 1.29 is 14.7 Å². The van der Waals surface area contributed by atoms with Gasteiger partial charge in [-0.05, 0) is 34.9 Å². The van der Waals surface area contributed by atoms with Crippen molar-refractivity contribution >= 4 is 40.5 Å². The molecule has 0 atom stereocenters. The zero-order chi connectivity index (χ0) is 18.0. The Morgan fingerprint density at radius 1 is 1.12 bits per heavy atom. The summed E-state index contributed by atoms with van der Waals surface area (Å²) < 4.78 is 0. The molecule has 0 spiro atoms. The number of ketones is 1. The van der Waals surface area contributed by atoms with Gasteiger partial charge in [-0.1, -0.05) is 59.6 Å². The van der Waals surface area contributed by atoms with Gasteiger partial charge in [0.1, 0.15) is 0 Å². The van der Waals surface area contributed by atoms with Crippen LogP contribution in [0.2, 0.25) is 10.0 Å². The molecule has 3 rings (SSSR count). The first-order valence-corrected chi connectivity index (χ1v) is 8.41. The van der Waals surface area contributed by atoms with Gasteiger partial charge in [0.25, 0.3) is 0 Å². The first-order chi connectivity index (χ1) is 12.0. The number of aliphatic carboxylic acids is 1. The van der Waals surface area contributed by atoms with Crippen LogP contribution in [-0.4, -0.2) is 16.9 Å². The highest BCUT2D eigenvalue weighted by atomic mass is 35.5. The average molecular weight is 373 g/mol. The highest BCUT2D eigenvalue weighted by molar-refractivity contribution is 6.36. The van der Waals surface area contributed by atoms with Gasteiger partial charge in [-0.25, -0.2) is 4.79 Å². The lowest BCUT2D eigenvalue weighted by molar-refractivity contribution is -0.132. The summed E-state index contributed by atoms with van der Waals surface area (Å²) in [6, 6.07) is 12.7. The number of benzene rings is 2. The van der Waals surface area contributed by atoms with Gasteiger partial charge in [-0.15, -0.1) is 0 Å². The van der Waals surface area contributed by atoms with Crippen LogP contribution in [0.25, 0.3) is 5.57 Å². The molecule has 0 heterocycles. The first kappa shape index (κ1) is 17.5. The molecule has 0 saturated carbocycles. The smallest absolute Gasteiger partial charge is 0.332 e. The summed E-state index contributed by atoms with van der Waals surface area (Å²) in [5.41, 5.74) is 2.96. The average Bonchev–Trinajstić information content (AvgIpc) is 2.93. The molecule has 2 aromatic carbocycles. The molecule has 0 saturated heterocycles. The minimum absolute atomic E-state index is 0.109. The van der Waals surface area contributed by atoms with Crippen molar-refractivity contribution in [3.63, 3.8) is 0 Å². The Kier molecular flexibility index (Phi) is 5.07. The van der Waals surface area contributed by atoms with E-state index in [1.165, 1.54) is 6.08 Å². The minimum Gasteiger partial charge on any atom is -0.478 e. The molecular weight excluding hydrogens is 359 g/mol. The number of hydrogen-bond donors (Lipinski definition) is 1. The van der Waals surface area contributed by atoms with Crippen LogP contribution in [0.1, 0.15) is 16.7 Å². The van der Waals surface area contributed by atoms with Gasteiger partial charge in [-0.3, -0.25) is 4.79 Å². The molecule has 0 fully saturated rings. The fraction of sp³-hybridized carbons (Fsp3) is 0.100. The van der Waals surface area contributed by atoms with Crippen LogP contribution >= 0.6 is 23.2 Å². The van der Waals surface area contributed by atoms with Gasteiger partial charge in [0, 0.05) is 29.0 Å². The molecule has 3 nitrogen and oxygen atoms in total. The van der Waals surface area contributed by atoms with Gasteiger partial charge in [-0.2, -0.15) is 0 Å². The molecule has 1 N–H and O–H groups in total. The van der Waals surface area contributed by atoms with Crippen LogP contribution in [0.5, 0.6) is 0 Å². The SMILES string of the molecule is O=C(/C=C/C1=C(C(=O)O)Cc2cc(Cl)cc(Cl)c21)Cc1ccccc1. The quantitative estimate of drug-likeness (QED) is 0.770. The number of halogens is 2. The summed E-state index contributed by atoms with van der Waals surface area (Å²) >= 11 is 12.3. The van der Waals surface area contributed by atoms with Gasteiger partial charge in [0.05, 0.1) is 5.02 Å². The van der Waals surface area contributed by atoms with Crippen molar-refractivity contribution in [3.05, 3.63) is 86.9 Å². The largest absolute Gasteiger partial charge is 0.478 e. The standard InChI is InChI=1S/C20H14Cl2O3/c21-14-9-13-10-17(20(24)25)16(19(13)18(22)11-14)7-6-15(23)8-12-4-2-1-3-5-12/h1-7,9,11H,8,10H2,(H,24,25)/b7-6+. The summed E-state index contributed by atoms with van der Waals surface area (Å²) in [7, 11) is 0. The number of rotatable bonds is 5. The van der Waals surface area contributed by atoms with Crippen molar-refractivity contribution in [2.24, 2.45) is 0 Å². The normalized spacial score (nSPS) is 13.4. The highest BCUT2D eigenvalue weighted by Crippen LogP contribution is 2.40. The van der Waals surface area contributed by atoms with E-state index in [0.717, 1.165) is 11.1 Å². The molecule has 5 heteroatoms. The predicted octanol–water partition coefficient (Wildman–Crippen LogP) is 4.76. The molecule has 0 bridgehead atoms. The third-order valence-corrected chi connectivity index (χ3v) is 4.53. The second-order valence-corrected chi connectivity index (χ2v) is 6.60. The topological polar surface area (TPSA) is 54.4 Å². The number of carboxylic acids is 1. The number of fused-ring (bicyclic) bond motifs is 1. The maximum atomic E-state index is 12.2. The lowest BCUT2D eigenvalue weighted by Gasteiger charge is -2.05. The number of allylic oxidation sites excluding steroid dienone is 3. The van der Waals surface area contributed by atoms with Crippen LogP contribution in [0, 0.1) is 0 Å². The highest BCUT2D eigenvalue weighted by Gasteiger charge is 2.27. The summed E-state index contributed by atoms with van der Waals surface area (Å²) in [6.07, 6.45) is 3.44. The van der Waals surface area contributed by atoms with E-state index in [2.05, 4.69) is 0 Å². The molecule has 1 aliphatic carbocycles. The summed E-state index contributed by atoms with van der Waals surface area (Å²) in [5, 5.41) is 10.3. The lowest BCUT2D eigenvalue weighted by Crippen LogP contribution is -2.02. The van der Waals surface area contributed by atoms with Crippen LogP contribution in [0.15, 0.2) is 60.2 Å². The van der Waals surface area contributed by atoms with E-state index >= 15 is 0 Å². The van der Waals surface area contributed by atoms with E-state index in [0.29, 0.717) is 21.2 Å². The molecule has 0 radical (unpaired) electrons. The van der Waals surface area contributed by atoms with Crippen molar-refractivity contribution in [1.82, 2.24) is 0 Å². The summed E-state index contributed by atoms with van der Waals surface area (Å²) in [5.74, 6) is -1.14. The van der Waals surface area contributed by atoms with Gasteiger partial charge >= 0.3 is 5.97 Å². The fourth-order valence-electron chi connectivity index (χ4n) is 2.91. The van der Waals surface area contributed by atoms with Crippen LogP contribution in [-0.2, 0) is 22.4 Å². The number of carbonyl (C=O) groups is 2. The van der Waals surface area contributed by atoms with E-state index in [1.54, 1.807) is 18.2 Å². The van der Waals surface area contributed by atoms with Crippen LogP contribution in [0.4, 0.5) is 0 Å². The zero-order valence-electron chi connectivity index (χ0n) is 13.1.